The van der Waals surface area contributed by atoms with Gasteiger partial charge in [0.25, 0.3) is 11.7 Å². The molecule has 1 fully saturated rings. The minimum atomic E-state index is -0.659. The standard InChI is InChI=1S/C27H33BrN2O4/c1-5-6-15-34-22-12-11-20(16-18(22)2)25(31)23-24(19-9-7-10-21(28)17-19)30(27(33)26(23)32)14-8-13-29(3)4/h7,9-12,16-17,24,31H,5-6,8,13-15H2,1-4H3/t24-/m1/s1. The molecule has 0 aliphatic carbocycles. The lowest BCUT2D eigenvalue weighted by molar-refractivity contribution is -0.139. The number of benzene rings is 2. The van der Waals surface area contributed by atoms with E-state index in [9.17, 15) is 14.7 Å². The van der Waals surface area contributed by atoms with Gasteiger partial charge in [-0.2, -0.15) is 0 Å². The van der Waals surface area contributed by atoms with Crippen LogP contribution in [0.4, 0.5) is 0 Å². The number of aliphatic hydroxyl groups is 1. The summed E-state index contributed by atoms with van der Waals surface area (Å²) < 4.78 is 6.66. The lowest BCUT2D eigenvalue weighted by Crippen LogP contribution is -2.32. The molecule has 1 aliphatic rings. The van der Waals surface area contributed by atoms with E-state index in [1.54, 1.807) is 23.1 Å². The van der Waals surface area contributed by atoms with Crippen molar-refractivity contribution in [1.82, 2.24) is 9.80 Å². The normalized spacial score (nSPS) is 17.6. The Morgan fingerprint density at radius 3 is 2.56 bits per heavy atom. The molecule has 2 aromatic carbocycles. The van der Waals surface area contributed by atoms with Crippen molar-refractivity contribution in [2.45, 2.75) is 39.2 Å². The van der Waals surface area contributed by atoms with Crippen LogP contribution in [0.1, 0.15) is 48.9 Å². The topological polar surface area (TPSA) is 70.1 Å². The molecular formula is C27H33BrN2O4. The maximum absolute atomic E-state index is 13.2. The highest BCUT2D eigenvalue weighted by Gasteiger charge is 2.45. The maximum atomic E-state index is 13.2. The summed E-state index contributed by atoms with van der Waals surface area (Å²) >= 11 is 3.49. The zero-order valence-electron chi connectivity index (χ0n) is 20.3. The van der Waals surface area contributed by atoms with E-state index in [-0.39, 0.29) is 11.3 Å². The molecule has 0 saturated carbocycles. The molecule has 2 aromatic rings. The third-order valence-corrected chi connectivity index (χ3v) is 6.41. The number of aliphatic hydroxyl groups excluding tert-OH is 1. The average molecular weight is 529 g/mol. The fourth-order valence-electron chi connectivity index (χ4n) is 4.13. The van der Waals surface area contributed by atoms with Crippen LogP contribution in [0.5, 0.6) is 5.75 Å². The van der Waals surface area contributed by atoms with Gasteiger partial charge in [0.1, 0.15) is 11.5 Å². The molecule has 1 heterocycles. The Hall–Kier alpha value is -2.64. The molecule has 1 atom stereocenters. The van der Waals surface area contributed by atoms with Gasteiger partial charge >= 0.3 is 0 Å². The number of unbranched alkanes of at least 4 members (excludes halogenated alkanes) is 1. The van der Waals surface area contributed by atoms with E-state index >= 15 is 0 Å². The van der Waals surface area contributed by atoms with Crippen molar-refractivity contribution >= 4 is 33.4 Å². The lowest BCUT2D eigenvalue weighted by Gasteiger charge is -2.26. The van der Waals surface area contributed by atoms with Crippen molar-refractivity contribution in [3.8, 4) is 5.75 Å². The zero-order chi connectivity index (χ0) is 24.8. The molecule has 34 heavy (non-hydrogen) atoms. The largest absolute Gasteiger partial charge is 0.507 e. The number of likely N-dealkylation sites (tertiary alicyclic amines) is 1. The molecule has 0 radical (unpaired) electrons. The number of amides is 1. The van der Waals surface area contributed by atoms with Gasteiger partial charge in [-0.05, 0) is 81.9 Å². The van der Waals surface area contributed by atoms with E-state index in [1.807, 2.05) is 50.2 Å². The Kier molecular flexibility index (Phi) is 8.91. The summed E-state index contributed by atoms with van der Waals surface area (Å²) in [7, 11) is 3.94. The summed E-state index contributed by atoms with van der Waals surface area (Å²) in [6.45, 7) is 5.84. The molecule has 1 saturated heterocycles. The van der Waals surface area contributed by atoms with Crippen LogP contribution in [0.25, 0.3) is 5.76 Å². The number of hydrogen-bond acceptors (Lipinski definition) is 5. The Morgan fingerprint density at radius 2 is 1.91 bits per heavy atom. The highest BCUT2D eigenvalue weighted by atomic mass is 79.9. The second kappa shape index (κ2) is 11.7. The molecule has 1 aliphatic heterocycles. The summed E-state index contributed by atoms with van der Waals surface area (Å²) in [6, 6.07) is 12.2. The van der Waals surface area contributed by atoms with Crippen LogP contribution in [0.3, 0.4) is 0 Å². The number of hydrogen-bond donors (Lipinski definition) is 1. The molecule has 0 spiro atoms. The number of aryl methyl sites for hydroxylation is 1. The monoisotopic (exact) mass is 528 g/mol. The number of ketones is 1. The summed E-state index contributed by atoms with van der Waals surface area (Å²) in [4.78, 5) is 29.8. The SMILES string of the molecule is CCCCOc1ccc(C(O)=C2C(=O)C(=O)N(CCCN(C)C)[C@@H]2c2cccc(Br)c2)cc1C. The Labute approximate surface area is 210 Å². The summed E-state index contributed by atoms with van der Waals surface area (Å²) in [5.41, 5.74) is 2.24. The van der Waals surface area contributed by atoms with Crippen molar-refractivity contribution in [2.24, 2.45) is 0 Å². The molecule has 0 aromatic heterocycles. The van der Waals surface area contributed by atoms with E-state index in [0.717, 1.165) is 40.7 Å². The molecule has 0 bridgehead atoms. The Balaban J connectivity index is 2.03. The van der Waals surface area contributed by atoms with Gasteiger partial charge in [-0.15, -0.1) is 0 Å². The van der Waals surface area contributed by atoms with E-state index in [1.165, 1.54) is 0 Å². The smallest absolute Gasteiger partial charge is 0.295 e. The van der Waals surface area contributed by atoms with Crippen molar-refractivity contribution < 1.29 is 19.4 Å². The fraction of sp³-hybridized carbons (Fsp3) is 0.407. The third-order valence-electron chi connectivity index (χ3n) is 5.91. The first kappa shape index (κ1) is 26.0. The van der Waals surface area contributed by atoms with Gasteiger partial charge in [0.05, 0.1) is 18.2 Å². The van der Waals surface area contributed by atoms with Gasteiger partial charge < -0.3 is 19.6 Å². The maximum Gasteiger partial charge on any atom is 0.295 e. The summed E-state index contributed by atoms with van der Waals surface area (Å²) in [5, 5.41) is 11.3. The lowest BCUT2D eigenvalue weighted by atomic mass is 9.94. The first-order valence-corrected chi connectivity index (χ1v) is 12.5. The molecule has 7 heteroatoms. The highest BCUT2D eigenvalue weighted by Crippen LogP contribution is 2.40. The van der Waals surface area contributed by atoms with E-state index in [2.05, 4.69) is 22.9 Å². The van der Waals surface area contributed by atoms with Crippen LogP contribution in [-0.2, 0) is 9.59 Å². The Bertz CT molecular complexity index is 1080. The van der Waals surface area contributed by atoms with Crippen LogP contribution >= 0.6 is 15.9 Å². The number of ether oxygens (including phenoxy) is 1. The van der Waals surface area contributed by atoms with Gasteiger partial charge in [-0.25, -0.2) is 0 Å². The minimum absolute atomic E-state index is 0.118. The predicted octanol–water partition coefficient (Wildman–Crippen LogP) is 5.31. The van der Waals surface area contributed by atoms with Crippen LogP contribution in [0.15, 0.2) is 52.5 Å². The number of carbonyl (C=O) groups is 2. The van der Waals surface area contributed by atoms with Crippen LogP contribution < -0.4 is 4.74 Å². The second-order valence-electron chi connectivity index (χ2n) is 8.89. The number of Topliss-reactive ketones (excluding diaryl/α,β-unsaturated/α-hetero) is 1. The summed E-state index contributed by atoms with van der Waals surface area (Å²) in [6.07, 6.45) is 2.72. The summed E-state index contributed by atoms with van der Waals surface area (Å²) in [5.74, 6) is -0.658. The van der Waals surface area contributed by atoms with E-state index in [0.29, 0.717) is 25.1 Å². The number of rotatable bonds is 10. The van der Waals surface area contributed by atoms with Gasteiger partial charge in [0, 0.05) is 16.6 Å². The molecule has 1 amide bonds. The van der Waals surface area contributed by atoms with Crippen LogP contribution in [-0.4, -0.2) is 60.4 Å². The van der Waals surface area contributed by atoms with Crippen molar-refractivity contribution in [3.63, 3.8) is 0 Å². The molecule has 6 nitrogen and oxygen atoms in total. The fourth-order valence-corrected chi connectivity index (χ4v) is 4.55. The molecule has 3 rings (SSSR count). The first-order chi connectivity index (χ1) is 16.2. The van der Waals surface area contributed by atoms with Crippen molar-refractivity contribution in [2.75, 3.05) is 33.8 Å². The molecule has 0 unspecified atom stereocenters. The van der Waals surface area contributed by atoms with Crippen molar-refractivity contribution in [1.29, 1.82) is 0 Å². The van der Waals surface area contributed by atoms with E-state index in [4.69, 9.17) is 4.74 Å². The van der Waals surface area contributed by atoms with Gasteiger partial charge in [-0.3, -0.25) is 9.59 Å². The van der Waals surface area contributed by atoms with Crippen LogP contribution in [0.2, 0.25) is 0 Å². The average Bonchev–Trinajstić information content (AvgIpc) is 3.04. The van der Waals surface area contributed by atoms with Gasteiger partial charge in [0.2, 0.25) is 0 Å². The number of halogens is 1. The second-order valence-corrected chi connectivity index (χ2v) is 9.80. The molecular weight excluding hydrogens is 496 g/mol. The quantitative estimate of drug-likeness (QED) is 0.196. The number of carbonyl (C=O) groups excluding carboxylic acids is 2. The Morgan fingerprint density at radius 1 is 1.15 bits per heavy atom. The zero-order valence-corrected chi connectivity index (χ0v) is 21.9. The molecule has 1 N–H and O–H groups in total. The first-order valence-electron chi connectivity index (χ1n) is 11.7. The highest BCUT2D eigenvalue weighted by molar-refractivity contribution is 9.10. The third kappa shape index (κ3) is 5.88. The van der Waals surface area contributed by atoms with Crippen LogP contribution in [0, 0.1) is 6.92 Å². The minimum Gasteiger partial charge on any atom is -0.507 e. The van der Waals surface area contributed by atoms with E-state index < -0.39 is 17.7 Å². The molecule has 182 valence electrons. The predicted molar refractivity (Wildman–Crippen MR) is 138 cm³/mol. The van der Waals surface area contributed by atoms with Crippen molar-refractivity contribution in [3.05, 3.63) is 69.2 Å². The number of nitrogens with zero attached hydrogens (tertiary/aromatic N) is 2. The van der Waals surface area contributed by atoms with Gasteiger partial charge in [0.15, 0.2) is 0 Å². The van der Waals surface area contributed by atoms with Gasteiger partial charge in [-0.1, -0.05) is 41.4 Å².